The molecule has 1 saturated heterocycles. The first-order valence-electron chi connectivity index (χ1n) is 7.83. The first kappa shape index (κ1) is 15.7. The number of rotatable bonds is 2. The molecule has 1 fully saturated rings. The van der Waals surface area contributed by atoms with Crippen LogP contribution in [0.5, 0.6) is 0 Å². The molecule has 1 amide bonds. The molecule has 4 nitrogen and oxygen atoms in total. The molecule has 0 bridgehead atoms. The minimum Gasteiger partial charge on any atom is -0.373 e. The number of nitrogens with zero attached hydrogens (tertiary/aromatic N) is 1. The highest BCUT2D eigenvalue weighted by atomic mass is 32.2. The zero-order valence-corrected chi connectivity index (χ0v) is 14.0. The summed E-state index contributed by atoms with van der Waals surface area (Å²) in [5.41, 5.74) is 2.42. The molecular formula is C17H23NO3S. The molecule has 120 valence electrons. The molecule has 1 aromatic rings. The van der Waals surface area contributed by atoms with E-state index in [1.807, 2.05) is 30.9 Å². The molecule has 2 aliphatic rings. The van der Waals surface area contributed by atoms with Crippen LogP contribution in [0.2, 0.25) is 0 Å². The Kier molecular flexibility index (Phi) is 4.37. The molecule has 0 saturated carbocycles. The van der Waals surface area contributed by atoms with Gasteiger partial charge in [-0.15, -0.1) is 0 Å². The summed E-state index contributed by atoms with van der Waals surface area (Å²) in [4.78, 5) is 14.5. The monoisotopic (exact) mass is 321 g/mol. The molecule has 5 heteroatoms. The van der Waals surface area contributed by atoms with Gasteiger partial charge in [-0.25, -0.2) is 0 Å². The van der Waals surface area contributed by atoms with Crippen LogP contribution in [-0.2, 0) is 26.8 Å². The van der Waals surface area contributed by atoms with E-state index in [2.05, 4.69) is 12.1 Å². The van der Waals surface area contributed by atoms with Crippen LogP contribution in [-0.4, -0.2) is 45.2 Å². The van der Waals surface area contributed by atoms with Gasteiger partial charge in [0.15, 0.2) is 0 Å². The highest BCUT2D eigenvalue weighted by Gasteiger charge is 2.36. The predicted molar refractivity (Wildman–Crippen MR) is 87.1 cm³/mol. The molecule has 0 N–H and O–H groups in total. The molecular weight excluding hydrogens is 298 g/mol. The van der Waals surface area contributed by atoms with Gasteiger partial charge in [0, 0.05) is 29.6 Å². The average molecular weight is 321 g/mol. The van der Waals surface area contributed by atoms with Gasteiger partial charge in [0.1, 0.15) is 0 Å². The van der Waals surface area contributed by atoms with Crippen molar-refractivity contribution in [2.24, 2.45) is 0 Å². The van der Waals surface area contributed by atoms with E-state index < -0.39 is 10.8 Å². The highest BCUT2D eigenvalue weighted by Crippen LogP contribution is 2.30. The quantitative estimate of drug-likeness (QED) is 0.838. The van der Waals surface area contributed by atoms with Gasteiger partial charge in [0.05, 0.1) is 23.9 Å². The molecule has 0 spiro atoms. The van der Waals surface area contributed by atoms with E-state index in [-0.39, 0.29) is 16.8 Å². The van der Waals surface area contributed by atoms with Crippen LogP contribution < -0.4 is 0 Å². The Labute approximate surface area is 134 Å². The Bertz CT molecular complexity index is 599. The Hall–Kier alpha value is -1.20. The van der Waals surface area contributed by atoms with Crippen molar-refractivity contribution in [2.75, 3.05) is 25.4 Å². The number of amides is 1. The van der Waals surface area contributed by atoms with Gasteiger partial charge in [-0.3, -0.25) is 9.00 Å². The van der Waals surface area contributed by atoms with Gasteiger partial charge >= 0.3 is 0 Å². The smallest absolute Gasteiger partial charge is 0.225 e. The van der Waals surface area contributed by atoms with Gasteiger partial charge in [-0.2, -0.15) is 0 Å². The molecule has 2 heterocycles. The predicted octanol–water partition coefficient (Wildman–Crippen LogP) is 2.06. The third-order valence-corrected chi connectivity index (χ3v) is 6.45. The number of benzene rings is 1. The summed E-state index contributed by atoms with van der Waals surface area (Å²) in [5, 5.41) is 0. The maximum absolute atomic E-state index is 12.6. The molecule has 0 unspecified atom stereocenters. The second-order valence-electron chi connectivity index (χ2n) is 6.64. The van der Waals surface area contributed by atoms with E-state index in [0.29, 0.717) is 31.9 Å². The Morgan fingerprint density at radius 2 is 2.18 bits per heavy atom. The van der Waals surface area contributed by atoms with E-state index in [4.69, 9.17) is 4.74 Å². The molecule has 1 aromatic carbocycles. The lowest BCUT2D eigenvalue weighted by molar-refractivity contribution is -0.135. The first-order valence-corrected chi connectivity index (χ1v) is 9.15. The number of ether oxygens (including phenoxy) is 1. The summed E-state index contributed by atoms with van der Waals surface area (Å²) in [6, 6.07) is 8.20. The van der Waals surface area contributed by atoms with Crippen molar-refractivity contribution < 1.29 is 13.7 Å². The van der Waals surface area contributed by atoms with Crippen LogP contribution in [0, 0.1) is 0 Å². The maximum atomic E-state index is 12.6. The maximum Gasteiger partial charge on any atom is 0.225 e. The minimum absolute atomic E-state index is 0.103. The Balaban J connectivity index is 1.69. The standard InChI is InChI=1S/C17H23NO3S/c1-17(2)12-18(8-10-22(17)20)16(19)11-15-14-6-4-3-5-13(14)7-9-21-15/h3-6,15H,7-12H2,1-2H3/t15-,22-/m0/s1. The molecule has 2 atom stereocenters. The average Bonchev–Trinajstić information content (AvgIpc) is 2.50. The van der Waals surface area contributed by atoms with Crippen LogP contribution in [0.25, 0.3) is 0 Å². The number of carbonyl (C=O) groups is 1. The summed E-state index contributed by atoms with van der Waals surface area (Å²) in [6.45, 7) is 5.75. The van der Waals surface area contributed by atoms with E-state index in [9.17, 15) is 9.00 Å². The molecule has 0 radical (unpaired) electrons. The summed E-state index contributed by atoms with van der Waals surface area (Å²) < 4.78 is 17.5. The van der Waals surface area contributed by atoms with E-state index in [1.54, 1.807) is 0 Å². The van der Waals surface area contributed by atoms with Gasteiger partial charge < -0.3 is 9.64 Å². The van der Waals surface area contributed by atoms with Crippen molar-refractivity contribution in [1.29, 1.82) is 0 Å². The van der Waals surface area contributed by atoms with Gasteiger partial charge in [-0.1, -0.05) is 24.3 Å². The lowest BCUT2D eigenvalue weighted by Crippen LogP contribution is -2.52. The lowest BCUT2D eigenvalue weighted by atomic mass is 9.95. The fraction of sp³-hybridized carbons (Fsp3) is 0.588. The molecule has 0 aliphatic carbocycles. The zero-order valence-electron chi connectivity index (χ0n) is 13.2. The normalized spacial score (nSPS) is 27.3. The topological polar surface area (TPSA) is 46.6 Å². The fourth-order valence-corrected chi connectivity index (χ4v) is 4.47. The summed E-state index contributed by atoms with van der Waals surface area (Å²) in [7, 11) is -0.856. The van der Waals surface area contributed by atoms with Gasteiger partial charge in [0.2, 0.25) is 5.91 Å². The third-order valence-electron chi connectivity index (χ3n) is 4.54. The summed E-state index contributed by atoms with van der Waals surface area (Å²) in [6.07, 6.45) is 1.14. The Morgan fingerprint density at radius 1 is 1.41 bits per heavy atom. The number of hydrogen-bond donors (Lipinski definition) is 0. The van der Waals surface area contributed by atoms with Crippen molar-refractivity contribution in [3.05, 3.63) is 35.4 Å². The molecule has 3 rings (SSSR count). The third kappa shape index (κ3) is 3.10. The summed E-state index contributed by atoms with van der Waals surface area (Å²) >= 11 is 0. The van der Waals surface area contributed by atoms with Crippen LogP contribution in [0.3, 0.4) is 0 Å². The molecule has 0 aromatic heterocycles. The van der Waals surface area contributed by atoms with Crippen molar-refractivity contribution in [2.45, 2.75) is 37.5 Å². The zero-order chi connectivity index (χ0) is 15.7. The molecule has 2 aliphatic heterocycles. The van der Waals surface area contributed by atoms with E-state index in [0.717, 1.165) is 12.0 Å². The SMILES string of the molecule is CC1(C)CN(C(=O)C[C@@H]2OCCc3ccccc32)CC[S@@]1=O. The van der Waals surface area contributed by atoms with Gasteiger partial charge in [-0.05, 0) is 31.4 Å². The lowest BCUT2D eigenvalue weighted by Gasteiger charge is -2.38. The van der Waals surface area contributed by atoms with Crippen molar-refractivity contribution in [1.82, 2.24) is 4.90 Å². The van der Waals surface area contributed by atoms with Gasteiger partial charge in [0.25, 0.3) is 0 Å². The number of fused-ring (bicyclic) bond motifs is 1. The minimum atomic E-state index is -0.856. The highest BCUT2D eigenvalue weighted by molar-refractivity contribution is 7.86. The number of hydrogen-bond acceptors (Lipinski definition) is 3. The largest absolute Gasteiger partial charge is 0.373 e. The number of carbonyl (C=O) groups excluding carboxylic acids is 1. The van der Waals surface area contributed by atoms with Crippen LogP contribution in [0.15, 0.2) is 24.3 Å². The van der Waals surface area contributed by atoms with Crippen molar-refractivity contribution in [3.63, 3.8) is 0 Å². The van der Waals surface area contributed by atoms with Crippen molar-refractivity contribution in [3.8, 4) is 0 Å². The van der Waals surface area contributed by atoms with E-state index in [1.165, 1.54) is 5.56 Å². The Morgan fingerprint density at radius 3 is 2.95 bits per heavy atom. The molecule has 22 heavy (non-hydrogen) atoms. The van der Waals surface area contributed by atoms with Crippen LogP contribution in [0.1, 0.15) is 37.5 Å². The fourth-order valence-electron chi connectivity index (χ4n) is 3.23. The second-order valence-corrected chi connectivity index (χ2v) is 8.84. The van der Waals surface area contributed by atoms with Crippen LogP contribution >= 0.6 is 0 Å². The van der Waals surface area contributed by atoms with E-state index >= 15 is 0 Å². The second kappa shape index (κ2) is 6.13. The first-order chi connectivity index (χ1) is 10.5. The van der Waals surface area contributed by atoms with Crippen molar-refractivity contribution >= 4 is 16.7 Å². The summed E-state index contributed by atoms with van der Waals surface area (Å²) in [5.74, 6) is 0.674. The van der Waals surface area contributed by atoms with Crippen LogP contribution in [0.4, 0.5) is 0 Å².